The van der Waals surface area contributed by atoms with Crippen LogP contribution < -0.4 is 14.8 Å². The highest BCUT2D eigenvalue weighted by Gasteiger charge is 2.15. The van der Waals surface area contributed by atoms with Gasteiger partial charge in [-0.05, 0) is 36.6 Å². The topological polar surface area (TPSA) is 67.8 Å². The van der Waals surface area contributed by atoms with E-state index >= 15 is 0 Å². The number of aliphatic hydroxyl groups excluding tert-OH is 1. The average Bonchev–Trinajstić information content (AvgIpc) is 2.90. The van der Waals surface area contributed by atoms with E-state index in [2.05, 4.69) is 5.32 Å². The third-order valence-electron chi connectivity index (χ3n) is 4.12. The fourth-order valence-corrected chi connectivity index (χ4v) is 2.70. The summed E-state index contributed by atoms with van der Waals surface area (Å²) in [7, 11) is 0. The number of carbonyl (C=O) groups is 1. The minimum atomic E-state index is -0.579. The van der Waals surface area contributed by atoms with E-state index in [0.717, 1.165) is 12.8 Å². The molecule has 0 radical (unpaired) electrons. The van der Waals surface area contributed by atoms with E-state index in [1.54, 1.807) is 18.2 Å². The largest absolute Gasteiger partial charge is 0.490 e. The molecular formula is C20H23NO4. The molecular weight excluding hydrogens is 318 g/mol. The molecule has 132 valence electrons. The molecule has 0 saturated heterocycles. The van der Waals surface area contributed by atoms with Crippen LogP contribution in [0, 0.1) is 0 Å². The number of fused-ring (bicyclic) bond motifs is 1. The van der Waals surface area contributed by atoms with E-state index in [9.17, 15) is 9.90 Å². The average molecular weight is 341 g/mol. The summed E-state index contributed by atoms with van der Waals surface area (Å²) in [5.74, 6) is 1.03. The second-order valence-corrected chi connectivity index (χ2v) is 6.10. The Kier molecular flexibility index (Phi) is 5.90. The van der Waals surface area contributed by atoms with Gasteiger partial charge in [-0.3, -0.25) is 4.79 Å². The number of ether oxygens (including phenoxy) is 2. The standard InChI is InChI=1S/C20H23NO4/c22-17(9-7-15-5-2-1-3-6-15)14-21-20(23)16-8-10-18-19(13-16)25-12-4-11-24-18/h1-3,5-6,8,10,13,17,22H,4,7,9,11-12,14H2,(H,21,23)/t17-/m0/s1. The first kappa shape index (κ1) is 17.3. The molecule has 1 heterocycles. The van der Waals surface area contributed by atoms with Crippen LogP contribution in [0.3, 0.4) is 0 Å². The van der Waals surface area contributed by atoms with Gasteiger partial charge in [0, 0.05) is 18.5 Å². The van der Waals surface area contributed by atoms with Gasteiger partial charge >= 0.3 is 0 Å². The molecule has 5 heteroatoms. The van der Waals surface area contributed by atoms with Crippen LogP contribution in [0.2, 0.25) is 0 Å². The summed E-state index contributed by atoms with van der Waals surface area (Å²) in [6.45, 7) is 1.42. The highest BCUT2D eigenvalue weighted by Crippen LogP contribution is 2.30. The summed E-state index contributed by atoms with van der Waals surface area (Å²) in [6, 6.07) is 15.1. The maximum atomic E-state index is 12.3. The number of hydrogen-bond donors (Lipinski definition) is 2. The van der Waals surface area contributed by atoms with Crippen LogP contribution in [-0.2, 0) is 6.42 Å². The molecule has 1 aliphatic heterocycles. The molecule has 2 N–H and O–H groups in total. The normalized spacial score (nSPS) is 14.4. The van der Waals surface area contributed by atoms with E-state index in [1.807, 2.05) is 30.3 Å². The molecule has 0 fully saturated rings. The lowest BCUT2D eigenvalue weighted by Gasteiger charge is -2.13. The van der Waals surface area contributed by atoms with Gasteiger partial charge in [0.25, 0.3) is 5.91 Å². The van der Waals surface area contributed by atoms with Crippen molar-refractivity contribution in [2.24, 2.45) is 0 Å². The lowest BCUT2D eigenvalue weighted by atomic mass is 10.1. The first-order valence-corrected chi connectivity index (χ1v) is 8.62. The van der Waals surface area contributed by atoms with Crippen molar-refractivity contribution in [3.63, 3.8) is 0 Å². The van der Waals surface area contributed by atoms with Crippen molar-refractivity contribution in [3.05, 3.63) is 59.7 Å². The monoisotopic (exact) mass is 341 g/mol. The third-order valence-corrected chi connectivity index (χ3v) is 4.12. The Morgan fingerprint density at radius 3 is 2.64 bits per heavy atom. The number of aliphatic hydroxyl groups is 1. The predicted octanol–water partition coefficient (Wildman–Crippen LogP) is 2.57. The highest BCUT2D eigenvalue weighted by molar-refractivity contribution is 5.94. The third kappa shape index (κ3) is 4.97. The number of rotatable bonds is 6. The van der Waals surface area contributed by atoms with Crippen molar-refractivity contribution in [2.75, 3.05) is 19.8 Å². The molecule has 1 atom stereocenters. The van der Waals surface area contributed by atoms with Crippen LogP contribution in [0.25, 0.3) is 0 Å². The van der Waals surface area contributed by atoms with Gasteiger partial charge in [0.1, 0.15) is 0 Å². The van der Waals surface area contributed by atoms with Crippen molar-refractivity contribution in [2.45, 2.75) is 25.4 Å². The van der Waals surface area contributed by atoms with Gasteiger partial charge < -0.3 is 19.9 Å². The lowest BCUT2D eigenvalue weighted by Crippen LogP contribution is -2.32. The minimum absolute atomic E-state index is 0.222. The fraction of sp³-hybridized carbons (Fsp3) is 0.350. The van der Waals surface area contributed by atoms with Gasteiger partial charge in [-0.25, -0.2) is 0 Å². The summed E-state index contributed by atoms with van der Waals surface area (Å²) < 4.78 is 11.2. The Hall–Kier alpha value is -2.53. The summed E-state index contributed by atoms with van der Waals surface area (Å²) in [4.78, 5) is 12.3. The first-order chi connectivity index (χ1) is 12.2. The summed E-state index contributed by atoms with van der Waals surface area (Å²) in [6.07, 6.45) is 1.63. The number of amides is 1. The molecule has 25 heavy (non-hydrogen) atoms. The van der Waals surface area contributed by atoms with Crippen molar-refractivity contribution < 1.29 is 19.4 Å². The molecule has 1 amide bonds. The van der Waals surface area contributed by atoms with Gasteiger partial charge in [-0.15, -0.1) is 0 Å². The molecule has 3 rings (SSSR count). The van der Waals surface area contributed by atoms with Crippen molar-refractivity contribution in [1.29, 1.82) is 0 Å². The van der Waals surface area contributed by atoms with E-state index in [1.165, 1.54) is 5.56 Å². The molecule has 5 nitrogen and oxygen atoms in total. The maximum Gasteiger partial charge on any atom is 0.251 e. The quantitative estimate of drug-likeness (QED) is 0.847. The van der Waals surface area contributed by atoms with Crippen LogP contribution in [-0.4, -0.2) is 36.9 Å². The van der Waals surface area contributed by atoms with E-state index < -0.39 is 6.10 Å². The molecule has 2 aromatic carbocycles. The van der Waals surface area contributed by atoms with Gasteiger partial charge in [0.05, 0.1) is 19.3 Å². The second-order valence-electron chi connectivity index (χ2n) is 6.10. The molecule has 0 unspecified atom stereocenters. The number of benzene rings is 2. The van der Waals surface area contributed by atoms with Gasteiger partial charge in [0.2, 0.25) is 0 Å². The lowest BCUT2D eigenvalue weighted by molar-refractivity contribution is 0.0910. The van der Waals surface area contributed by atoms with Crippen LogP contribution in [0.4, 0.5) is 0 Å². The molecule has 1 aliphatic rings. The Morgan fingerprint density at radius 1 is 1.08 bits per heavy atom. The Bertz CT molecular complexity index is 702. The molecule has 0 spiro atoms. The predicted molar refractivity (Wildman–Crippen MR) is 95.2 cm³/mol. The molecule has 2 aromatic rings. The fourth-order valence-electron chi connectivity index (χ4n) is 2.70. The zero-order chi connectivity index (χ0) is 17.5. The number of hydrogen-bond acceptors (Lipinski definition) is 4. The van der Waals surface area contributed by atoms with Crippen molar-refractivity contribution in [3.8, 4) is 11.5 Å². The Morgan fingerprint density at radius 2 is 1.84 bits per heavy atom. The second kappa shape index (κ2) is 8.53. The van der Waals surface area contributed by atoms with E-state index in [0.29, 0.717) is 36.7 Å². The van der Waals surface area contributed by atoms with Gasteiger partial charge in [-0.2, -0.15) is 0 Å². The molecule has 0 saturated carbocycles. The SMILES string of the molecule is O=C(NC[C@@H](O)CCc1ccccc1)c1ccc2c(c1)OCCCO2. The number of nitrogens with one attached hydrogen (secondary N) is 1. The zero-order valence-corrected chi connectivity index (χ0v) is 14.1. The van der Waals surface area contributed by atoms with Gasteiger partial charge in [-0.1, -0.05) is 30.3 Å². The summed E-state index contributed by atoms with van der Waals surface area (Å²) in [5.41, 5.74) is 1.68. The Labute approximate surface area is 147 Å². The van der Waals surface area contributed by atoms with E-state index in [-0.39, 0.29) is 12.5 Å². The minimum Gasteiger partial charge on any atom is -0.490 e. The van der Waals surface area contributed by atoms with Crippen LogP contribution in [0.5, 0.6) is 11.5 Å². The Balaban J connectivity index is 1.49. The first-order valence-electron chi connectivity index (χ1n) is 8.62. The maximum absolute atomic E-state index is 12.3. The van der Waals surface area contributed by atoms with Gasteiger partial charge in [0.15, 0.2) is 11.5 Å². The highest BCUT2D eigenvalue weighted by atomic mass is 16.5. The molecule has 0 aliphatic carbocycles. The summed E-state index contributed by atoms with van der Waals surface area (Å²) >= 11 is 0. The summed E-state index contributed by atoms with van der Waals surface area (Å²) in [5, 5.41) is 12.8. The van der Waals surface area contributed by atoms with Crippen molar-refractivity contribution in [1.82, 2.24) is 5.32 Å². The smallest absolute Gasteiger partial charge is 0.251 e. The van der Waals surface area contributed by atoms with E-state index in [4.69, 9.17) is 9.47 Å². The zero-order valence-electron chi connectivity index (χ0n) is 14.1. The number of carbonyl (C=O) groups excluding carboxylic acids is 1. The van der Waals surface area contributed by atoms with Crippen LogP contribution in [0.15, 0.2) is 48.5 Å². The van der Waals surface area contributed by atoms with Crippen LogP contribution >= 0.6 is 0 Å². The molecule has 0 bridgehead atoms. The van der Waals surface area contributed by atoms with Crippen molar-refractivity contribution >= 4 is 5.91 Å². The van der Waals surface area contributed by atoms with Crippen LogP contribution in [0.1, 0.15) is 28.8 Å². The molecule has 0 aromatic heterocycles. The number of aryl methyl sites for hydroxylation is 1.